The lowest BCUT2D eigenvalue weighted by Gasteiger charge is -2.15. The lowest BCUT2D eigenvalue weighted by Crippen LogP contribution is -2.26. The Hall–Kier alpha value is -2.04. The van der Waals surface area contributed by atoms with E-state index >= 15 is 0 Å². The van der Waals surface area contributed by atoms with E-state index in [1.54, 1.807) is 48.5 Å². The highest BCUT2D eigenvalue weighted by atomic mass is 35.5. The van der Waals surface area contributed by atoms with E-state index < -0.39 is 5.91 Å². The van der Waals surface area contributed by atoms with Crippen molar-refractivity contribution in [2.24, 2.45) is 0 Å². The first-order valence-electron chi connectivity index (χ1n) is 7.13. The van der Waals surface area contributed by atoms with Crippen LogP contribution in [0.15, 0.2) is 48.5 Å². The average Bonchev–Trinajstić information content (AvgIpc) is 2.55. The summed E-state index contributed by atoms with van der Waals surface area (Å²) in [6.45, 7) is 2.75. The van der Waals surface area contributed by atoms with Crippen molar-refractivity contribution in [3.63, 3.8) is 0 Å². The minimum absolute atomic E-state index is 0.359. The van der Waals surface area contributed by atoms with Crippen LogP contribution in [0.3, 0.4) is 0 Å². The smallest absolute Gasteiger partial charge is 0.281 e. The topological polar surface area (TPSA) is 49.8 Å². The molecular weight excluding hydrogens is 302 g/mol. The summed E-state index contributed by atoms with van der Waals surface area (Å²) in [5.74, 6) is 0.198. The molecule has 0 bridgehead atoms. The van der Waals surface area contributed by atoms with Gasteiger partial charge in [-0.1, -0.05) is 24.9 Å². The van der Waals surface area contributed by atoms with E-state index in [1.807, 2.05) is 0 Å². The van der Waals surface area contributed by atoms with Crippen molar-refractivity contribution in [1.29, 1.82) is 0 Å². The molecule has 0 aliphatic carbocycles. The third-order valence-electron chi connectivity index (χ3n) is 3.13. The van der Waals surface area contributed by atoms with Gasteiger partial charge in [0.05, 0.1) is 12.3 Å². The molecule has 0 saturated heterocycles. The van der Waals surface area contributed by atoms with Gasteiger partial charge >= 0.3 is 0 Å². The van der Waals surface area contributed by atoms with Crippen molar-refractivity contribution >= 4 is 23.2 Å². The fourth-order valence-electron chi connectivity index (χ4n) is 1.85. The Bertz CT molecular complexity index is 611. The van der Waals surface area contributed by atoms with Crippen LogP contribution in [-0.4, -0.2) is 17.7 Å². The van der Waals surface area contributed by atoms with Gasteiger partial charge in [0.2, 0.25) is 0 Å². The largest absolute Gasteiger partial charge is 0.494 e. The molecule has 0 atom stereocenters. The third-order valence-corrected chi connectivity index (χ3v) is 3.38. The summed E-state index contributed by atoms with van der Waals surface area (Å²) in [7, 11) is 0. The molecule has 0 aromatic heterocycles. The molecule has 4 nitrogen and oxygen atoms in total. The highest BCUT2D eigenvalue weighted by Gasteiger charge is 2.15. The molecule has 2 aromatic rings. The average molecular weight is 320 g/mol. The van der Waals surface area contributed by atoms with E-state index in [-0.39, 0.29) is 0 Å². The number of hydroxylamine groups is 1. The van der Waals surface area contributed by atoms with Crippen LogP contribution in [0.4, 0.5) is 5.69 Å². The van der Waals surface area contributed by atoms with E-state index in [0.29, 0.717) is 33.7 Å². The second-order valence-electron chi connectivity index (χ2n) is 4.82. The second kappa shape index (κ2) is 7.82. The molecule has 0 heterocycles. The van der Waals surface area contributed by atoms with Crippen LogP contribution in [0, 0.1) is 0 Å². The van der Waals surface area contributed by atoms with Crippen molar-refractivity contribution in [2.45, 2.75) is 19.8 Å². The van der Waals surface area contributed by atoms with E-state index in [4.69, 9.17) is 16.3 Å². The van der Waals surface area contributed by atoms with E-state index in [9.17, 15) is 10.0 Å². The first-order valence-corrected chi connectivity index (χ1v) is 7.51. The number of nitrogens with zero attached hydrogens (tertiary/aromatic N) is 1. The lowest BCUT2D eigenvalue weighted by molar-refractivity contribution is 0.0854. The number of ether oxygens (including phenoxy) is 1. The number of carbonyl (C=O) groups excluding carboxylic acids is 1. The molecular formula is C17H18ClNO3. The van der Waals surface area contributed by atoms with Crippen LogP contribution >= 0.6 is 11.6 Å². The summed E-state index contributed by atoms with van der Waals surface area (Å²) in [6.07, 6.45) is 2.05. The Labute approximate surface area is 134 Å². The van der Waals surface area contributed by atoms with E-state index in [0.717, 1.165) is 12.8 Å². The number of unbranched alkanes of at least 4 members (excludes halogenated alkanes) is 1. The molecule has 5 heteroatoms. The molecule has 22 heavy (non-hydrogen) atoms. The van der Waals surface area contributed by atoms with Gasteiger partial charge in [-0.15, -0.1) is 0 Å². The number of hydrogen-bond donors (Lipinski definition) is 1. The molecule has 0 aliphatic rings. The van der Waals surface area contributed by atoms with Gasteiger partial charge in [0, 0.05) is 10.6 Å². The van der Waals surface area contributed by atoms with Gasteiger partial charge in [0.25, 0.3) is 5.91 Å². The number of amides is 1. The van der Waals surface area contributed by atoms with Crippen molar-refractivity contribution < 1.29 is 14.7 Å². The molecule has 2 aromatic carbocycles. The summed E-state index contributed by atoms with van der Waals surface area (Å²) in [5, 5.41) is 11.1. The fraction of sp³-hybridized carbons (Fsp3) is 0.235. The van der Waals surface area contributed by atoms with Crippen molar-refractivity contribution in [3.05, 3.63) is 59.1 Å². The maximum absolute atomic E-state index is 12.2. The number of halogens is 1. The molecule has 1 amide bonds. The maximum Gasteiger partial charge on any atom is 0.281 e. The number of carbonyl (C=O) groups is 1. The predicted octanol–water partition coefficient (Wildman–Crippen LogP) is 4.55. The molecule has 2 rings (SSSR count). The number of hydrogen-bond acceptors (Lipinski definition) is 3. The number of anilines is 1. The van der Waals surface area contributed by atoms with Gasteiger partial charge in [-0.05, 0) is 55.0 Å². The molecule has 0 spiro atoms. The summed E-state index contributed by atoms with van der Waals surface area (Å²) in [4.78, 5) is 12.2. The lowest BCUT2D eigenvalue weighted by atomic mass is 10.2. The van der Waals surface area contributed by atoms with Crippen molar-refractivity contribution in [1.82, 2.24) is 0 Å². The Kier molecular flexibility index (Phi) is 5.81. The summed E-state index contributed by atoms with van der Waals surface area (Å²) >= 11 is 5.78. The monoisotopic (exact) mass is 319 g/mol. The first-order chi connectivity index (χ1) is 10.6. The Balaban J connectivity index is 2.04. The quantitative estimate of drug-likeness (QED) is 0.482. The van der Waals surface area contributed by atoms with Gasteiger partial charge < -0.3 is 4.74 Å². The minimum atomic E-state index is -0.512. The number of benzene rings is 2. The summed E-state index contributed by atoms with van der Waals surface area (Å²) in [6, 6.07) is 13.1. The van der Waals surface area contributed by atoms with Crippen molar-refractivity contribution in [2.75, 3.05) is 11.7 Å². The molecule has 0 radical (unpaired) electrons. The molecule has 0 saturated carbocycles. The zero-order valence-electron chi connectivity index (χ0n) is 12.3. The van der Waals surface area contributed by atoms with Gasteiger partial charge in [-0.3, -0.25) is 10.0 Å². The van der Waals surface area contributed by atoms with Gasteiger partial charge in [-0.2, -0.15) is 5.06 Å². The second-order valence-corrected chi connectivity index (χ2v) is 5.26. The molecule has 0 fully saturated rings. The van der Waals surface area contributed by atoms with Crippen LogP contribution in [0.1, 0.15) is 30.1 Å². The van der Waals surface area contributed by atoms with Crippen LogP contribution in [0.5, 0.6) is 5.75 Å². The Morgan fingerprint density at radius 2 is 1.77 bits per heavy atom. The van der Waals surface area contributed by atoms with E-state index in [2.05, 4.69) is 6.92 Å². The highest BCUT2D eigenvalue weighted by molar-refractivity contribution is 6.30. The molecule has 1 N–H and O–H groups in total. The maximum atomic E-state index is 12.2. The zero-order valence-corrected chi connectivity index (χ0v) is 13.1. The first kappa shape index (κ1) is 16.3. The zero-order chi connectivity index (χ0) is 15.9. The van der Waals surface area contributed by atoms with E-state index in [1.165, 1.54) is 0 Å². The Morgan fingerprint density at radius 3 is 2.36 bits per heavy atom. The van der Waals surface area contributed by atoms with Crippen LogP contribution in [0.25, 0.3) is 0 Å². The third kappa shape index (κ3) is 4.23. The van der Waals surface area contributed by atoms with Crippen molar-refractivity contribution in [3.8, 4) is 5.75 Å². The fourth-order valence-corrected chi connectivity index (χ4v) is 1.98. The van der Waals surface area contributed by atoms with Gasteiger partial charge in [0.15, 0.2) is 0 Å². The van der Waals surface area contributed by atoms with Gasteiger partial charge in [-0.25, -0.2) is 0 Å². The van der Waals surface area contributed by atoms with Crippen LogP contribution < -0.4 is 9.80 Å². The molecule has 0 unspecified atom stereocenters. The predicted molar refractivity (Wildman–Crippen MR) is 86.9 cm³/mol. The molecule has 0 aliphatic heterocycles. The van der Waals surface area contributed by atoms with Gasteiger partial charge in [0.1, 0.15) is 5.75 Å². The summed E-state index contributed by atoms with van der Waals surface area (Å²) in [5.41, 5.74) is 0.734. The van der Waals surface area contributed by atoms with Crippen LogP contribution in [0.2, 0.25) is 5.02 Å². The highest BCUT2D eigenvalue weighted by Crippen LogP contribution is 2.20. The normalized spacial score (nSPS) is 10.3. The molecule has 116 valence electrons. The number of rotatable bonds is 6. The SMILES string of the molecule is CCCCOc1ccc(C(=O)N(O)c2ccc(Cl)cc2)cc1. The van der Waals surface area contributed by atoms with Crippen LogP contribution in [-0.2, 0) is 0 Å². The summed E-state index contributed by atoms with van der Waals surface area (Å²) < 4.78 is 5.54. The standard InChI is InChI=1S/C17H18ClNO3/c1-2-3-12-22-16-10-4-13(5-11-16)17(20)19(21)15-8-6-14(18)7-9-15/h4-11,21H,2-3,12H2,1H3. The minimum Gasteiger partial charge on any atom is -0.494 e. The Morgan fingerprint density at radius 1 is 1.14 bits per heavy atom.